The molecular formula is C17H20ClNO. The van der Waals surface area contributed by atoms with Crippen LogP contribution in [0.2, 0.25) is 5.02 Å². The van der Waals surface area contributed by atoms with E-state index in [2.05, 4.69) is 19.2 Å². The first-order chi connectivity index (χ1) is 9.47. The van der Waals surface area contributed by atoms with Crippen molar-refractivity contribution in [2.24, 2.45) is 0 Å². The molecule has 0 aromatic heterocycles. The Bertz CT molecular complexity index is 597. The number of rotatable bonds is 4. The van der Waals surface area contributed by atoms with E-state index in [4.69, 9.17) is 11.6 Å². The molecule has 0 spiro atoms. The van der Waals surface area contributed by atoms with Gasteiger partial charge in [0, 0.05) is 22.7 Å². The van der Waals surface area contributed by atoms with Gasteiger partial charge in [0.15, 0.2) is 0 Å². The van der Waals surface area contributed by atoms with Gasteiger partial charge in [0.1, 0.15) is 5.75 Å². The molecule has 0 saturated carbocycles. The van der Waals surface area contributed by atoms with Crippen molar-refractivity contribution in [3.05, 3.63) is 64.2 Å². The first-order valence-electron chi connectivity index (χ1n) is 6.78. The molecule has 0 radical (unpaired) electrons. The third kappa shape index (κ3) is 3.53. The number of aryl methyl sites for hydroxylation is 1. The van der Waals surface area contributed by atoms with Crippen LogP contribution in [-0.2, 0) is 0 Å². The first-order valence-corrected chi connectivity index (χ1v) is 7.16. The van der Waals surface area contributed by atoms with Crippen LogP contribution in [-0.4, -0.2) is 5.11 Å². The third-order valence-electron chi connectivity index (χ3n) is 3.50. The molecule has 0 aliphatic carbocycles. The average molecular weight is 290 g/mol. The summed E-state index contributed by atoms with van der Waals surface area (Å²) in [4.78, 5) is 0. The van der Waals surface area contributed by atoms with Gasteiger partial charge in [-0.25, -0.2) is 0 Å². The smallest absolute Gasteiger partial charge is 0.120 e. The van der Waals surface area contributed by atoms with Gasteiger partial charge in [-0.3, -0.25) is 0 Å². The Morgan fingerprint density at radius 3 is 2.50 bits per heavy atom. The molecule has 0 saturated heterocycles. The summed E-state index contributed by atoms with van der Waals surface area (Å²) >= 11 is 6.02. The topological polar surface area (TPSA) is 32.3 Å². The van der Waals surface area contributed by atoms with Gasteiger partial charge in [0.2, 0.25) is 0 Å². The number of phenols is 1. The fraction of sp³-hybridized carbons (Fsp3) is 0.294. The Morgan fingerprint density at radius 1 is 1.05 bits per heavy atom. The number of hydrogen-bond acceptors (Lipinski definition) is 2. The maximum absolute atomic E-state index is 9.97. The Balaban J connectivity index is 2.15. The summed E-state index contributed by atoms with van der Waals surface area (Å²) in [6.07, 6.45) is 0. The number of phenolic OH excluding ortho intramolecular Hbond substituents is 1. The van der Waals surface area contributed by atoms with Crippen molar-refractivity contribution in [1.82, 2.24) is 5.32 Å². The molecule has 1 unspecified atom stereocenters. The highest BCUT2D eigenvalue weighted by Crippen LogP contribution is 2.27. The largest absolute Gasteiger partial charge is 0.508 e. The summed E-state index contributed by atoms with van der Waals surface area (Å²) < 4.78 is 0. The lowest BCUT2D eigenvalue weighted by Gasteiger charge is -2.22. The van der Waals surface area contributed by atoms with Crippen molar-refractivity contribution >= 4 is 11.6 Å². The van der Waals surface area contributed by atoms with Gasteiger partial charge >= 0.3 is 0 Å². The summed E-state index contributed by atoms with van der Waals surface area (Å²) in [5, 5.41) is 14.2. The molecule has 3 heteroatoms. The van der Waals surface area contributed by atoms with Gasteiger partial charge in [0.25, 0.3) is 0 Å². The predicted molar refractivity (Wildman–Crippen MR) is 84.3 cm³/mol. The molecule has 0 amide bonds. The van der Waals surface area contributed by atoms with Crippen LogP contribution in [0.5, 0.6) is 5.75 Å². The number of aromatic hydroxyl groups is 1. The summed E-state index contributed by atoms with van der Waals surface area (Å²) in [6.45, 7) is 6.17. The van der Waals surface area contributed by atoms with E-state index >= 15 is 0 Å². The van der Waals surface area contributed by atoms with Crippen LogP contribution in [0.3, 0.4) is 0 Å². The van der Waals surface area contributed by atoms with Gasteiger partial charge in [-0.15, -0.1) is 0 Å². The van der Waals surface area contributed by atoms with Crippen LogP contribution in [0.4, 0.5) is 0 Å². The molecule has 2 nitrogen and oxygen atoms in total. The second kappa shape index (κ2) is 6.29. The zero-order valence-corrected chi connectivity index (χ0v) is 12.8. The highest BCUT2D eigenvalue weighted by molar-refractivity contribution is 6.30. The molecule has 0 fully saturated rings. The van der Waals surface area contributed by atoms with Gasteiger partial charge < -0.3 is 10.4 Å². The van der Waals surface area contributed by atoms with Crippen molar-refractivity contribution in [3.8, 4) is 5.75 Å². The minimum atomic E-state index is 0.0591. The van der Waals surface area contributed by atoms with E-state index in [-0.39, 0.29) is 12.1 Å². The fourth-order valence-corrected chi connectivity index (χ4v) is 2.56. The fourth-order valence-electron chi connectivity index (χ4n) is 2.36. The summed E-state index contributed by atoms with van der Waals surface area (Å²) in [5.41, 5.74) is 3.19. The standard InChI is InChI=1S/C17H20ClNO/c1-11-7-8-17(20)16(9-11)13(3)19-12(2)14-5-4-6-15(18)10-14/h4-10,12-13,19-20H,1-3H3/t12-,13?/m1/s1. The maximum atomic E-state index is 9.97. The van der Waals surface area contributed by atoms with E-state index in [1.54, 1.807) is 6.07 Å². The molecule has 0 heterocycles. The minimum Gasteiger partial charge on any atom is -0.508 e. The van der Waals surface area contributed by atoms with E-state index in [0.717, 1.165) is 21.7 Å². The van der Waals surface area contributed by atoms with E-state index < -0.39 is 0 Å². The minimum absolute atomic E-state index is 0.0591. The van der Waals surface area contributed by atoms with E-state index in [9.17, 15) is 5.11 Å². The molecule has 20 heavy (non-hydrogen) atoms. The number of hydrogen-bond donors (Lipinski definition) is 2. The van der Waals surface area contributed by atoms with Crippen LogP contribution >= 0.6 is 11.6 Å². The van der Waals surface area contributed by atoms with Crippen molar-refractivity contribution in [1.29, 1.82) is 0 Å². The highest BCUT2D eigenvalue weighted by atomic mass is 35.5. The highest BCUT2D eigenvalue weighted by Gasteiger charge is 2.14. The van der Waals surface area contributed by atoms with Gasteiger partial charge in [-0.05, 0) is 44.5 Å². The Hall–Kier alpha value is -1.51. The molecule has 0 aliphatic heterocycles. The van der Waals surface area contributed by atoms with Crippen LogP contribution in [0.1, 0.15) is 42.6 Å². The van der Waals surface area contributed by atoms with Crippen LogP contribution < -0.4 is 5.32 Å². The Morgan fingerprint density at radius 2 is 1.80 bits per heavy atom. The van der Waals surface area contributed by atoms with Gasteiger partial charge in [-0.2, -0.15) is 0 Å². The third-order valence-corrected chi connectivity index (χ3v) is 3.73. The summed E-state index contributed by atoms with van der Waals surface area (Å²) in [5.74, 6) is 0.328. The summed E-state index contributed by atoms with van der Waals surface area (Å²) in [6, 6.07) is 13.7. The number of halogens is 1. The summed E-state index contributed by atoms with van der Waals surface area (Å²) in [7, 11) is 0. The first kappa shape index (κ1) is 14.9. The second-order valence-corrected chi connectivity index (χ2v) is 5.66. The van der Waals surface area contributed by atoms with E-state index in [1.807, 2.05) is 43.3 Å². The quantitative estimate of drug-likeness (QED) is 0.850. The Kier molecular flexibility index (Phi) is 4.69. The van der Waals surface area contributed by atoms with Crippen molar-refractivity contribution in [3.63, 3.8) is 0 Å². The molecule has 2 atom stereocenters. The van der Waals surface area contributed by atoms with Crippen LogP contribution in [0, 0.1) is 6.92 Å². The zero-order valence-electron chi connectivity index (χ0n) is 12.0. The normalized spacial score (nSPS) is 14.0. The van der Waals surface area contributed by atoms with Crippen molar-refractivity contribution in [2.45, 2.75) is 32.9 Å². The van der Waals surface area contributed by atoms with Gasteiger partial charge in [0.05, 0.1) is 0 Å². The van der Waals surface area contributed by atoms with Crippen LogP contribution in [0.25, 0.3) is 0 Å². The molecule has 2 N–H and O–H groups in total. The van der Waals surface area contributed by atoms with E-state index in [1.165, 1.54) is 0 Å². The van der Waals surface area contributed by atoms with E-state index in [0.29, 0.717) is 5.75 Å². The number of nitrogens with one attached hydrogen (secondary N) is 1. The van der Waals surface area contributed by atoms with Crippen molar-refractivity contribution in [2.75, 3.05) is 0 Å². The van der Waals surface area contributed by atoms with Crippen LogP contribution in [0.15, 0.2) is 42.5 Å². The molecule has 2 rings (SSSR count). The number of benzene rings is 2. The second-order valence-electron chi connectivity index (χ2n) is 5.23. The maximum Gasteiger partial charge on any atom is 0.120 e. The SMILES string of the molecule is Cc1ccc(O)c(C(C)N[C@H](C)c2cccc(Cl)c2)c1. The lowest BCUT2D eigenvalue weighted by molar-refractivity contribution is 0.438. The molecule has 2 aromatic rings. The zero-order chi connectivity index (χ0) is 14.7. The lowest BCUT2D eigenvalue weighted by atomic mass is 10.0. The molecule has 2 aromatic carbocycles. The molecular weight excluding hydrogens is 270 g/mol. The molecule has 106 valence electrons. The average Bonchev–Trinajstić information content (AvgIpc) is 2.41. The van der Waals surface area contributed by atoms with Gasteiger partial charge in [-0.1, -0.05) is 41.4 Å². The lowest BCUT2D eigenvalue weighted by Crippen LogP contribution is -2.22. The molecule has 0 aliphatic rings. The molecule has 0 bridgehead atoms. The van der Waals surface area contributed by atoms with Crippen molar-refractivity contribution < 1.29 is 5.11 Å². The monoisotopic (exact) mass is 289 g/mol. The predicted octanol–water partition coefficient (Wildman–Crippen LogP) is 4.77. The Labute approximate surface area is 125 Å².